The largest absolute Gasteiger partial charge is 0.522 e. The van der Waals surface area contributed by atoms with Gasteiger partial charge >= 0.3 is 45.7 Å². The van der Waals surface area contributed by atoms with Gasteiger partial charge in [0.05, 0.1) is 4.90 Å². The second-order valence-electron chi connectivity index (χ2n) is 7.08. The molecule has 43 heavy (non-hydrogen) atoms. The van der Waals surface area contributed by atoms with Crippen molar-refractivity contribution < 1.29 is 102 Å². The molecule has 0 aliphatic carbocycles. The summed E-state index contributed by atoms with van der Waals surface area (Å²) in [6, 6.07) is 5.99. The first kappa shape index (κ1) is 46.4. The average molecular weight is 689 g/mol. The smallest absolute Gasteiger partial charge is 0.481 e. The fourth-order valence-electron chi connectivity index (χ4n) is 1.31. The summed E-state index contributed by atoms with van der Waals surface area (Å²) in [6.07, 6.45) is -7.53. The van der Waals surface area contributed by atoms with Gasteiger partial charge in [-0.1, -0.05) is 31.0 Å². The molecule has 0 bridgehead atoms. The summed E-state index contributed by atoms with van der Waals surface area (Å²) in [6.45, 7) is 3.82. The van der Waals surface area contributed by atoms with E-state index in [9.17, 15) is 49.1 Å². The summed E-state index contributed by atoms with van der Waals surface area (Å²) in [5, 5.41) is 47.7. The van der Waals surface area contributed by atoms with Gasteiger partial charge in [0.25, 0.3) is 10.1 Å². The fraction of sp³-hybridized carbons (Fsp3) is 0.474. The summed E-state index contributed by atoms with van der Waals surface area (Å²) in [5.74, 6) is -6.99. The van der Waals surface area contributed by atoms with Crippen LogP contribution in [0.25, 0.3) is 0 Å². The molecular weight excluding hydrogens is 662 g/mol. The van der Waals surface area contributed by atoms with E-state index in [0.29, 0.717) is 6.42 Å². The van der Waals surface area contributed by atoms with Crippen molar-refractivity contribution in [3.8, 4) is 0 Å². The van der Waals surface area contributed by atoms with E-state index in [1.807, 2.05) is 13.8 Å². The van der Waals surface area contributed by atoms with Gasteiger partial charge in [-0.15, -0.1) is 0 Å². The summed E-state index contributed by atoms with van der Waals surface area (Å²) < 4.78 is 119. The molecule has 0 saturated carbocycles. The molecule has 1 rings (SSSR count). The SMILES string of the molecule is CCCCC(=O)O.Cc1ccc(S(=O)(=O)O)cc1.O=C(O)C(F)(F)F.O=C(O)C(O)C(O)C(=O)O.O=S(=O)(O)C(F)(F)F. The van der Waals surface area contributed by atoms with Crippen molar-refractivity contribution >= 4 is 44.1 Å². The van der Waals surface area contributed by atoms with Gasteiger partial charge in [-0.25, -0.2) is 14.4 Å². The van der Waals surface area contributed by atoms with Crippen molar-refractivity contribution in [1.29, 1.82) is 0 Å². The molecule has 1 aromatic rings. The highest BCUT2D eigenvalue weighted by Crippen LogP contribution is 2.20. The van der Waals surface area contributed by atoms with Crippen LogP contribution in [0.4, 0.5) is 26.3 Å². The zero-order valence-corrected chi connectivity index (χ0v) is 23.1. The molecule has 8 N–H and O–H groups in total. The van der Waals surface area contributed by atoms with Crippen LogP contribution in [0.3, 0.4) is 0 Å². The average Bonchev–Trinajstić information content (AvgIpc) is 2.81. The van der Waals surface area contributed by atoms with Gasteiger partial charge in [-0.05, 0) is 25.5 Å². The minimum atomic E-state index is -5.84. The van der Waals surface area contributed by atoms with Gasteiger partial charge in [0.2, 0.25) is 0 Å². The van der Waals surface area contributed by atoms with Crippen molar-refractivity contribution in [2.24, 2.45) is 0 Å². The van der Waals surface area contributed by atoms with Gasteiger partial charge < -0.3 is 30.6 Å². The number of aliphatic hydroxyl groups is 2. The van der Waals surface area contributed by atoms with Crippen molar-refractivity contribution in [1.82, 2.24) is 0 Å². The lowest BCUT2D eigenvalue weighted by Gasteiger charge is -2.07. The molecular formula is C19H26F6O16S2. The molecule has 0 spiro atoms. The van der Waals surface area contributed by atoms with E-state index >= 15 is 0 Å². The Morgan fingerprint density at radius 2 is 1.07 bits per heavy atom. The van der Waals surface area contributed by atoms with Crippen molar-refractivity contribution in [3.05, 3.63) is 29.8 Å². The van der Waals surface area contributed by atoms with Crippen LogP contribution in [0.15, 0.2) is 29.2 Å². The zero-order chi connectivity index (χ0) is 35.6. The first-order valence-electron chi connectivity index (χ1n) is 10.3. The quantitative estimate of drug-likeness (QED) is 0.114. The number of aliphatic carboxylic acids is 4. The number of hydrogen-bond acceptors (Lipinski definition) is 10. The third-order valence-electron chi connectivity index (χ3n) is 3.40. The number of alkyl halides is 6. The zero-order valence-electron chi connectivity index (χ0n) is 21.5. The number of aliphatic hydroxyl groups excluding tert-OH is 2. The van der Waals surface area contributed by atoms with Crippen LogP contribution in [-0.4, -0.2) is 104 Å². The molecule has 1 aromatic carbocycles. The first-order chi connectivity index (χ1) is 18.9. The first-order valence-corrected chi connectivity index (χ1v) is 13.2. The minimum absolute atomic E-state index is 0.0666. The third kappa shape index (κ3) is 27.0. The Bertz CT molecular complexity index is 1210. The lowest BCUT2D eigenvalue weighted by Crippen LogP contribution is -2.39. The molecule has 0 radical (unpaired) electrons. The molecule has 0 aliphatic heterocycles. The monoisotopic (exact) mass is 688 g/mol. The summed E-state index contributed by atoms with van der Waals surface area (Å²) in [7, 11) is -9.86. The number of rotatable bonds is 7. The molecule has 0 aromatic heterocycles. The topological polar surface area (TPSA) is 298 Å². The maximum absolute atomic E-state index is 10.7. The van der Waals surface area contributed by atoms with E-state index in [-0.39, 0.29) is 4.90 Å². The molecule has 24 heteroatoms. The van der Waals surface area contributed by atoms with E-state index in [2.05, 4.69) is 0 Å². The molecule has 0 fully saturated rings. The minimum Gasteiger partial charge on any atom is -0.481 e. The number of benzene rings is 1. The Morgan fingerprint density at radius 1 is 0.767 bits per heavy atom. The maximum atomic E-state index is 10.7. The van der Waals surface area contributed by atoms with E-state index in [1.165, 1.54) is 12.1 Å². The van der Waals surface area contributed by atoms with E-state index < -0.39 is 68.0 Å². The van der Waals surface area contributed by atoms with Gasteiger partial charge in [0, 0.05) is 6.42 Å². The number of carboxylic acids is 4. The third-order valence-corrected chi connectivity index (χ3v) is 4.86. The fourth-order valence-corrected chi connectivity index (χ4v) is 1.79. The van der Waals surface area contributed by atoms with Gasteiger partial charge in [0.1, 0.15) is 0 Å². The predicted molar refractivity (Wildman–Crippen MR) is 127 cm³/mol. The Labute approximate surface area is 238 Å². The summed E-state index contributed by atoms with van der Waals surface area (Å²) in [5.41, 5.74) is -4.58. The van der Waals surface area contributed by atoms with Crippen LogP contribution in [-0.2, 0) is 39.4 Å². The second kappa shape index (κ2) is 20.3. The van der Waals surface area contributed by atoms with Crippen LogP contribution < -0.4 is 0 Å². The van der Waals surface area contributed by atoms with Crippen molar-refractivity contribution in [3.63, 3.8) is 0 Å². The van der Waals surface area contributed by atoms with E-state index in [4.69, 9.17) is 53.0 Å². The van der Waals surface area contributed by atoms with Crippen LogP contribution in [0.1, 0.15) is 31.7 Å². The highest BCUT2D eigenvalue weighted by Gasteiger charge is 2.44. The lowest BCUT2D eigenvalue weighted by molar-refractivity contribution is -0.192. The highest BCUT2D eigenvalue weighted by atomic mass is 32.2. The predicted octanol–water partition coefficient (Wildman–Crippen LogP) is 1.41. The van der Waals surface area contributed by atoms with Gasteiger partial charge in [-0.3, -0.25) is 13.9 Å². The molecule has 0 saturated heterocycles. The Hall–Kier alpha value is -3.58. The van der Waals surface area contributed by atoms with Crippen molar-refractivity contribution in [2.75, 3.05) is 0 Å². The lowest BCUT2D eigenvalue weighted by atomic mass is 10.2. The van der Waals surface area contributed by atoms with Crippen LogP contribution in [0.5, 0.6) is 0 Å². The molecule has 0 amide bonds. The van der Waals surface area contributed by atoms with Crippen LogP contribution >= 0.6 is 0 Å². The maximum Gasteiger partial charge on any atom is 0.522 e. The summed E-state index contributed by atoms with van der Waals surface area (Å²) in [4.78, 5) is 38.1. The van der Waals surface area contributed by atoms with E-state index in [0.717, 1.165) is 18.4 Å². The normalized spacial score (nSPS) is 12.5. The number of unbranched alkanes of at least 4 members (excludes halogenated alkanes) is 1. The van der Waals surface area contributed by atoms with Gasteiger partial charge in [-0.2, -0.15) is 43.2 Å². The molecule has 16 nitrogen and oxygen atoms in total. The molecule has 2 unspecified atom stereocenters. The molecule has 0 heterocycles. The van der Waals surface area contributed by atoms with Crippen molar-refractivity contribution in [2.45, 2.75) is 61.9 Å². The number of halogens is 6. The Kier molecular flexibility index (Phi) is 21.9. The number of hydrogen-bond donors (Lipinski definition) is 8. The number of aryl methyl sites for hydroxylation is 1. The number of carbonyl (C=O) groups is 4. The van der Waals surface area contributed by atoms with Crippen LogP contribution in [0, 0.1) is 6.92 Å². The van der Waals surface area contributed by atoms with Crippen LogP contribution in [0.2, 0.25) is 0 Å². The standard InChI is InChI=1S/C7H8O3S.C5H10O2.C4H6O6.C2HF3O2.CHF3O3S/c1-6-2-4-7(5-3-6)11(8,9)10;1-2-3-4-5(6)7;5-1(3(7)8)2(6)4(9)10;3-2(4,5)1(6)7;2-1(3,4)8(5,6)7/h2-5H,1H3,(H,8,9,10);2-4H2,1H3,(H,6,7);1-2,5-6H,(H,7,8)(H,9,10);(H,6,7);(H,5,6,7). The number of carboxylic acid groups (broad SMARTS) is 4. The highest BCUT2D eigenvalue weighted by molar-refractivity contribution is 7.86. The van der Waals surface area contributed by atoms with E-state index in [1.54, 1.807) is 12.1 Å². The molecule has 0 aliphatic rings. The Balaban J connectivity index is -0.000000224. The molecule has 2 atom stereocenters. The summed E-state index contributed by atoms with van der Waals surface area (Å²) >= 11 is 0. The van der Waals surface area contributed by atoms with Gasteiger partial charge in [0.15, 0.2) is 12.2 Å². The molecule has 252 valence electrons. The Morgan fingerprint density at radius 3 is 1.21 bits per heavy atom. The second-order valence-corrected chi connectivity index (χ2v) is 9.91.